The molecule has 7 heteroatoms. The average molecular weight is 448 g/mol. The van der Waals surface area contributed by atoms with E-state index in [1.807, 2.05) is 11.8 Å². The van der Waals surface area contributed by atoms with Crippen molar-refractivity contribution in [2.45, 2.75) is 38.6 Å². The van der Waals surface area contributed by atoms with Gasteiger partial charge < -0.3 is 9.64 Å². The number of piperazine rings is 1. The molecule has 2 heterocycles. The molecular weight excluding hydrogens is 418 g/mol. The summed E-state index contributed by atoms with van der Waals surface area (Å²) in [7, 11) is 0. The maximum Gasteiger partial charge on any atom is 0.266 e. The smallest absolute Gasteiger partial charge is 0.266 e. The van der Waals surface area contributed by atoms with Gasteiger partial charge >= 0.3 is 0 Å². The predicted molar refractivity (Wildman–Crippen MR) is 125 cm³/mol. The monoisotopic (exact) mass is 447 g/mol. The third-order valence-electron chi connectivity index (χ3n) is 6.98. The summed E-state index contributed by atoms with van der Waals surface area (Å²) in [6.07, 6.45) is 5.14. The highest BCUT2D eigenvalue weighted by atomic mass is 16.5. The van der Waals surface area contributed by atoms with Crippen molar-refractivity contribution in [3.63, 3.8) is 0 Å². The highest BCUT2D eigenvalue weighted by Crippen LogP contribution is 2.31. The number of anilines is 1. The van der Waals surface area contributed by atoms with Crippen molar-refractivity contribution < 1.29 is 19.1 Å². The van der Waals surface area contributed by atoms with Gasteiger partial charge in [0.05, 0.1) is 23.4 Å². The van der Waals surface area contributed by atoms with Gasteiger partial charge in [0.15, 0.2) is 0 Å². The van der Waals surface area contributed by atoms with Crippen molar-refractivity contribution in [2.75, 3.05) is 37.7 Å². The molecule has 0 bridgehead atoms. The molecule has 33 heavy (non-hydrogen) atoms. The first-order valence-electron chi connectivity index (χ1n) is 11.9. The van der Waals surface area contributed by atoms with E-state index < -0.39 is 5.91 Å². The minimum absolute atomic E-state index is 0.0800. The van der Waals surface area contributed by atoms with Crippen LogP contribution in [0, 0.1) is 0 Å². The van der Waals surface area contributed by atoms with E-state index in [9.17, 15) is 14.4 Å². The van der Waals surface area contributed by atoms with Crippen LogP contribution in [0.2, 0.25) is 0 Å². The molecule has 1 saturated heterocycles. The molecule has 2 aromatic carbocycles. The zero-order valence-corrected chi connectivity index (χ0v) is 19.0. The molecule has 0 radical (unpaired) electrons. The van der Waals surface area contributed by atoms with Gasteiger partial charge in [0.1, 0.15) is 5.75 Å². The maximum atomic E-state index is 13.1. The van der Waals surface area contributed by atoms with Gasteiger partial charge in [0.25, 0.3) is 17.7 Å². The third kappa shape index (κ3) is 4.02. The van der Waals surface area contributed by atoms with E-state index in [0.717, 1.165) is 18.0 Å². The molecule has 0 atom stereocenters. The van der Waals surface area contributed by atoms with Crippen LogP contribution in [0.1, 0.15) is 63.7 Å². The molecule has 3 amide bonds. The summed E-state index contributed by atoms with van der Waals surface area (Å²) in [5.74, 6) is -0.175. The van der Waals surface area contributed by atoms with Crippen molar-refractivity contribution >= 4 is 23.4 Å². The number of rotatable bonds is 5. The number of imide groups is 1. The Kier molecular flexibility index (Phi) is 5.89. The van der Waals surface area contributed by atoms with Crippen LogP contribution < -0.4 is 9.64 Å². The topological polar surface area (TPSA) is 70.2 Å². The molecule has 1 saturated carbocycles. The molecule has 2 aliphatic heterocycles. The van der Waals surface area contributed by atoms with E-state index in [2.05, 4.69) is 4.90 Å². The van der Waals surface area contributed by atoms with Gasteiger partial charge in [-0.1, -0.05) is 12.8 Å². The molecule has 172 valence electrons. The first kappa shape index (κ1) is 21.6. The summed E-state index contributed by atoms with van der Waals surface area (Å²) in [6, 6.07) is 12.4. The molecule has 1 aliphatic carbocycles. The van der Waals surface area contributed by atoms with E-state index in [1.165, 1.54) is 25.7 Å². The van der Waals surface area contributed by atoms with Gasteiger partial charge in [-0.2, -0.15) is 0 Å². The molecule has 0 spiro atoms. The highest BCUT2D eigenvalue weighted by Gasteiger charge is 2.37. The summed E-state index contributed by atoms with van der Waals surface area (Å²) in [5, 5.41) is 0. The lowest BCUT2D eigenvalue weighted by Crippen LogP contribution is -2.51. The van der Waals surface area contributed by atoms with Crippen LogP contribution in [0.4, 0.5) is 5.69 Å². The number of ether oxygens (including phenoxy) is 1. The zero-order valence-electron chi connectivity index (χ0n) is 19.0. The van der Waals surface area contributed by atoms with Gasteiger partial charge in [-0.3, -0.25) is 19.3 Å². The number of carbonyl (C=O) groups excluding carboxylic acids is 3. The minimum atomic E-state index is -0.403. The Bertz CT molecular complexity index is 1070. The number of carbonyl (C=O) groups is 3. The predicted octanol–water partition coefficient (Wildman–Crippen LogP) is 3.59. The highest BCUT2D eigenvalue weighted by molar-refractivity contribution is 6.34. The first-order chi connectivity index (χ1) is 16.1. The summed E-state index contributed by atoms with van der Waals surface area (Å²) in [5.41, 5.74) is 1.55. The number of nitrogens with zero attached hydrogens (tertiary/aromatic N) is 3. The first-order valence-corrected chi connectivity index (χ1v) is 11.9. The minimum Gasteiger partial charge on any atom is -0.494 e. The summed E-state index contributed by atoms with van der Waals surface area (Å²) >= 11 is 0. The number of amides is 3. The second-order valence-corrected chi connectivity index (χ2v) is 8.90. The van der Waals surface area contributed by atoms with Crippen molar-refractivity contribution in [2.24, 2.45) is 0 Å². The molecule has 5 rings (SSSR count). The van der Waals surface area contributed by atoms with E-state index in [4.69, 9.17) is 4.74 Å². The second kappa shape index (κ2) is 8.98. The molecule has 2 fully saturated rings. The third-order valence-corrected chi connectivity index (χ3v) is 6.98. The standard InChI is InChI=1S/C26H29N3O4/c1-2-33-21-10-8-20(9-11-21)29-25(31)22-12-7-18(17-23(22)26(29)32)24(30)28-15-13-27(14-16-28)19-5-3-4-6-19/h7-12,17,19H,2-6,13-16H2,1H3. The van der Waals surface area contributed by atoms with E-state index in [-0.39, 0.29) is 17.4 Å². The largest absolute Gasteiger partial charge is 0.494 e. The Labute approximate surface area is 193 Å². The lowest BCUT2D eigenvalue weighted by atomic mass is 10.0. The fourth-order valence-corrected chi connectivity index (χ4v) is 5.21. The lowest BCUT2D eigenvalue weighted by molar-refractivity contribution is 0.0573. The molecule has 0 N–H and O–H groups in total. The van der Waals surface area contributed by atoms with Gasteiger partial charge in [-0.25, -0.2) is 4.90 Å². The van der Waals surface area contributed by atoms with Crippen LogP contribution in [-0.4, -0.2) is 66.3 Å². The van der Waals surface area contributed by atoms with Gasteiger partial charge in [0.2, 0.25) is 0 Å². The van der Waals surface area contributed by atoms with Gasteiger partial charge in [-0.15, -0.1) is 0 Å². The lowest BCUT2D eigenvalue weighted by Gasteiger charge is -2.38. The normalized spacial score (nSPS) is 19.3. The van der Waals surface area contributed by atoms with Crippen molar-refractivity contribution in [1.82, 2.24) is 9.80 Å². The summed E-state index contributed by atoms with van der Waals surface area (Å²) in [6.45, 7) is 5.61. The number of hydrogen-bond donors (Lipinski definition) is 0. The summed E-state index contributed by atoms with van der Waals surface area (Å²) < 4.78 is 5.44. The van der Waals surface area contributed by atoms with Crippen LogP contribution >= 0.6 is 0 Å². The molecular formula is C26H29N3O4. The zero-order chi connectivity index (χ0) is 22.9. The fourth-order valence-electron chi connectivity index (χ4n) is 5.21. The number of hydrogen-bond acceptors (Lipinski definition) is 5. The molecule has 0 aromatic heterocycles. The number of benzene rings is 2. The van der Waals surface area contributed by atoms with Crippen LogP contribution in [0.15, 0.2) is 42.5 Å². The Morgan fingerprint density at radius 1 is 0.909 bits per heavy atom. The van der Waals surface area contributed by atoms with Crippen molar-refractivity contribution in [1.29, 1.82) is 0 Å². The van der Waals surface area contributed by atoms with E-state index in [1.54, 1.807) is 42.5 Å². The van der Waals surface area contributed by atoms with Crippen LogP contribution in [0.25, 0.3) is 0 Å². The summed E-state index contributed by atoms with van der Waals surface area (Å²) in [4.78, 5) is 44.7. The Morgan fingerprint density at radius 2 is 1.58 bits per heavy atom. The van der Waals surface area contributed by atoms with Gasteiger partial charge in [0, 0.05) is 37.8 Å². The Balaban J connectivity index is 1.30. The number of fused-ring (bicyclic) bond motifs is 1. The van der Waals surface area contributed by atoms with Crippen LogP contribution in [-0.2, 0) is 0 Å². The molecule has 2 aromatic rings. The molecule has 7 nitrogen and oxygen atoms in total. The Hall–Kier alpha value is -3.19. The maximum absolute atomic E-state index is 13.1. The van der Waals surface area contributed by atoms with E-state index >= 15 is 0 Å². The van der Waals surface area contributed by atoms with Gasteiger partial charge in [-0.05, 0) is 62.2 Å². The Morgan fingerprint density at radius 3 is 2.24 bits per heavy atom. The van der Waals surface area contributed by atoms with Crippen molar-refractivity contribution in [3.05, 3.63) is 59.2 Å². The SMILES string of the molecule is CCOc1ccc(N2C(=O)c3ccc(C(=O)N4CCN(C5CCCC5)CC4)cc3C2=O)cc1. The van der Waals surface area contributed by atoms with Crippen LogP contribution in [0.5, 0.6) is 5.75 Å². The second-order valence-electron chi connectivity index (χ2n) is 8.90. The van der Waals surface area contributed by atoms with E-state index in [0.29, 0.717) is 48.3 Å². The fraction of sp³-hybridized carbons (Fsp3) is 0.423. The van der Waals surface area contributed by atoms with Crippen molar-refractivity contribution in [3.8, 4) is 5.75 Å². The average Bonchev–Trinajstić information content (AvgIpc) is 3.47. The van der Waals surface area contributed by atoms with Crippen LogP contribution in [0.3, 0.4) is 0 Å². The molecule has 3 aliphatic rings. The molecule has 0 unspecified atom stereocenters. The quantitative estimate of drug-likeness (QED) is 0.656.